The van der Waals surface area contributed by atoms with Crippen molar-refractivity contribution in [2.45, 2.75) is 26.3 Å². The molecule has 1 saturated heterocycles. The van der Waals surface area contributed by atoms with E-state index in [9.17, 15) is 9.59 Å². The summed E-state index contributed by atoms with van der Waals surface area (Å²) in [5.41, 5.74) is 3.14. The van der Waals surface area contributed by atoms with Gasteiger partial charge in [-0.2, -0.15) is 0 Å². The molecule has 33 heavy (non-hydrogen) atoms. The SMILES string of the molecule is Cc1cccc(N2CCN(CCCNC(=O)CCn3c(=S)[nH]c4ccccc4c3=O)CC2)c1. The van der Waals surface area contributed by atoms with Crippen LogP contribution in [0.2, 0.25) is 0 Å². The van der Waals surface area contributed by atoms with Crippen LogP contribution in [0.4, 0.5) is 5.69 Å². The number of aryl methyl sites for hydroxylation is 1. The summed E-state index contributed by atoms with van der Waals surface area (Å²) < 4.78 is 1.81. The molecular formula is C25H31N5O2S. The van der Waals surface area contributed by atoms with Crippen LogP contribution in [0.3, 0.4) is 0 Å². The zero-order valence-electron chi connectivity index (χ0n) is 19.0. The number of hydrogen-bond donors (Lipinski definition) is 2. The third-order valence-electron chi connectivity index (χ3n) is 6.16. The molecule has 1 amide bonds. The van der Waals surface area contributed by atoms with Crippen molar-refractivity contribution in [3.8, 4) is 0 Å². The molecule has 0 atom stereocenters. The first-order valence-electron chi connectivity index (χ1n) is 11.5. The van der Waals surface area contributed by atoms with E-state index in [-0.39, 0.29) is 24.4 Å². The highest BCUT2D eigenvalue weighted by atomic mass is 32.1. The van der Waals surface area contributed by atoms with Crippen molar-refractivity contribution in [3.05, 3.63) is 69.2 Å². The molecule has 1 aliphatic rings. The number of H-pyrrole nitrogens is 1. The Morgan fingerprint density at radius 1 is 1.06 bits per heavy atom. The highest BCUT2D eigenvalue weighted by Gasteiger charge is 2.17. The predicted octanol–water partition coefficient (Wildman–Crippen LogP) is 3.09. The van der Waals surface area contributed by atoms with E-state index >= 15 is 0 Å². The number of nitrogens with zero attached hydrogens (tertiary/aromatic N) is 3. The second kappa shape index (κ2) is 10.8. The number of fused-ring (bicyclic) bond motifs is 1. The normalized spacial score (nSPS) is 14.5. The Balaban J connectivity index is 1.17. The number of aromatic nitrogens is 2. The van der Waals surface area contributed by atoms with Crippen LogP contribution >= 0.6 is 12.2 Å². The van der Waals surface area contributed by atoms with Crippen molar-refractivity contribution < 1.29 is 4.79 Å². The van der Waals surface area contributed by atoms with Crippen LogP contribution in [-0.4, -0.2) is 59.6 Å². The second-order valence-electron chi connectivity index (χ2n) is 8.55. The number of benzene rings is 2. The van der Waals surface area contributed by atoms with Gasteiger partial charge in [0.05, 0.1) is 10.9 Å². The maximum atomic E-state index is 12.7. The summed E-state index contributed by atoms with van der Waals surface area (Å²) in [6.45, 7) is 8.12. The molecular weight excluding hydrogens is 434 g/mol. The van der Waals surface area contributed by atoms with Gasteiger partial charge in [-0.15, -0.1) is 0 Å². The van der Waals surface area contributed by atoms with Gasteiger partial charge in [0.25, 0.3) is 5.56 Å². The van der Waals surface area contributed by atoms with Gasteiger partial charge in [0.2, 0.25) is 5.91 Å². The minimum atomic E-state index is -0.160. The summed E-state index contributed by atoms with van der Waals surface area (Å²) in [6, 6.07) is 15.9. The van der Waals surface area contributed by atoms with Crippen molar-refractivity contribution in [2.24, 2.45) is 0 Å². The molecule has 3 aromatic rings. The van der Waals surface area contributed by atoms with Crippen LogP contribution in [0.15, 0.2) is 53.3 Å². The van der Waals surface area contributed by atoms with Crippen LogP contribution in [-0.2, 0) is 11.3 Å². The summed E-state index contributed by atoms with van der Waals surface area (Å²) in [7, 11) is 0. The molecule has 1 aliphatic heterocycles. The summed E-state index contributed by atoms with van der Waals surface area (Å²) in [6.07, 6.45) is 1.14. The number of anilines is 1. The molecule has 0 bridgehead atoms. The standard InChI is InChI=1S/C25H31N5O2S/c1-19-6-4-7-20(18-19)29-16-14-28(15-17-29)12-5-11-26-23(31)10-13-30-24(32)21-8-2-3-9-22(21)27-25(30)33/h2-4,6-9,18H,5,10-17H2,1H3,(H,26,31)(H,27,33). The molecule has 0 saturated carbocycles. The topological polar surface area (TPSA) is 73.4 Å². The van der Waals surface area contributed by atoms with Gasteiger partial charge in [0.15, 0.2) is 4.77 Å². The van der Waals surface area contributed by atoms with Gasteiger partial charge in [-0.25, -0.2) is 0 Å². The first kappa shape index (κ1) is 23.2. The lowest BCUT2D eigenvalue weighted by Gasteiger charge is -2.36. The molecule has 0 spiro atoms. The van der Waals surface area contributed by atoms with Crippen LogP contribution in [0.5, 0.6) is 0 Å². The largest absolute Gasteiger partial charge is 0.369 e. The highest BCUT2D eigenvalue weighted by Crippen LogP contribution is 2.17. The quantitative estimate of drug-likeness (QED) is 0.395. The summed E-state index contributed by atoms with van der Waals surface area (Å²) >= 11 is 5.31. The number of carbonyl (C=O) groups is 1. The highest BCUT2D eigenvalue weighted by molar-refractivity contribution is 7.71. The van der Waals surface area contributed by atoms with Crippen LogP contribution in [0.25, 0.3) is 10.9 Å². The van der Waals surface area contributed by atoms with Crippen LogP contribution < -0.4 is 15.8 Å². The lowest BCUT2D eigenvalue weighted by Crippen LogP contribution is -2.47. The molecule has 0 unspecified atom stereocenters. The van der Waals surface area contributed by atoms with E-state index in [1.165, 1.54) is 15.8 Å². The average Bonchev–Trinajstić information content (AvgIpc) is 2.82. The first-order valence-corrected chi connectivity index (χ1v) is 11.9. The Labute approximate surface area is 199 Å². The Kier molecular flexibility index (Phi) is 7.57. The van der Waals surface area contributed by atoms with E-state index in [0.717, 1.165) is 39.1 Å². The number of hydrogen-bond acceptors (Lipinski definition) is 5. The molecule has 1 aromatic heterocycles. The smallest absolute Gasteiger partial charge is 0.262 e. The van der Waals surface area contributed by atoms with Crippen LogP contribution in [0.1, 0.15) is 18.4 Å². The van der Waals surface area contributed by atoms with E-state index in [2.05, 4.69) is 51.3 Å². The fourth-order valence-electron chi connectivity index (χ4n) is 4.29. The van der Waals surface area contributed by atoms with E-state index in [0.29, 0.717) is 22.2 Å². The van der Waals surface area contributed by atoms with Gasteiger partial charge in [-0.3, -0.25) is 19.1 Å². The van der Waals surface area contributed by atoms with Crippen molar-refractivity contribution in [1.82, 2.24) is 19.8 Å². The number of amides is 1. The zero-order valence-corrected chi connectivity index (χ0v) is 19.9. The molecule has 174 valence electrons. The van der Waals surface area contributed by atoms with Crippen molar-refractivity contribution >= 4 is 34.7 Å². The van der Waals surface area contributed by atoms with Gasteiger partial charge in [-0.1, -0.05) is 24.3 Å². The summed E-state index contributed by atoms with van der Waals surface area (Å²) in [5, 5.41) is 3.55. The number of aromatic amines is 1. The van der Waals surface area contributed by atoms with Crippen molar-refractivity contribution in [1.29, 1.82) is 0 Å². The fourth-order valence-corrected chi connectivity index (χ4v) is 4.57. The molecule has 0 radical (unpaired) electrons. The number of carbonyl (C=O) groups excluding carboxylic acids is 1. The number of piperazine rings is 1. The number of para-hydroxylation sites is 1. The Morgan fingerprint density at radius 2 is 1.85 bits per heavy atom. The maximum Gasteiger partial charge on any atom is 0.262 e. The van der Waals surface area contributed by atoms with E-state index in [4.69, 9.17) is 12.2 Å². The summed E-state index contributed by atoms with van der Waals surface area (Å²) in [5.74, 6) is -0.0614. The second-order valence-corrected chi connectivity index (χ2v) is 8.94. The predicted molar refractivity (Wildman–Crippen MR) is 135 cm³/mol. The molecule has 7 nitrogen and oxygen atoms in total. The number of nitrogens with one attached hydrogen (secondary N) is 2. The average molecular weight is 466 g/mol. The van der Waals surface area contributed by atoms with Crippen molar-refractivity contribution in [3.63, 3.8) is 0 Å². The Morgan fingerprint density at radius 3 is 2.64 bits per heavy atom. The van der Waals surface area contributed by atoms with Crippen molar-refractivity contribution in [2.75, 3.05) is 44.2 Å². The zero-order chi connectivity index (χ0) is 23.2. The van der Waals surface area contributed by atoms with Gasteiger partial charge >= 0.3 is 0 Å². The van der Waals surface area contributed by atoms with Gasteiger partial charge in [0.1, 0.15) is 0 Å². The monoisotopic (exact) mass is 465 g/mol. The molecule has 1 fully saturated rings. The van der Waals surface area contributed by atoms with Crippen LogP contribution in [0, 0.1) is 11.7 Å². The lowest BCUT2D eigenvalue weighted by atomic mass is 10.2. The van der Waals surface area contributed by atoms with Gasteiger partial charge < -0.3 is 15.2 Å². The minimum absolute atomic E-state index is 0.0614. The lowest BCUT2D eigenvalue weighted by molar-refractivity contribution is -0.121. The molecule has 8 heteroatoms. The summed E-state index contributed by atoms with van der Waals surface area (Å²) in [4.78, 5) is 32.9. The minimum Gasteiger partial charge on any atom is -0.369 e. The molecule has 4 rings (SSSR count). The van der Waals surface area contributed by atoms with E-state index in [1.807, 2.05) is 18.2 Å². The maximum absolute atomic E-state index is 12.7. The van der Waals surface area contributed by atoms with Gasteiger partial charge in [0, 0.05) is 51.4 Å². The molecule has 0 aliphatic carbocycles. The van der Waals surface area contributed by atoms with E-state index < -0.39 is 0 Å². The van der Waals surface area contributed by atoms with Gasteiger partial charge in [-0.05, 0) is 61.9 Å². The number of rotatable bonds is 8. The molecule has 2 aromatic carbocycles. The Hall–Kier alpha value is -2.97. The third-order valence-corrected chi connectivity index (χ3v) is 6.49. The molecule has 2 heterocycles. The third kappa shape index (κ3) is 5.89. The fraction of sp³-hybridized carbons (Fsp3) is 0.400. The van der Waals surface area contributed by atoms with E-state index in [1.54, 1.807) is 6.07 Å². The molecule has 2 N–H and O–H groups in total. The Bertz CT molecular complexity index is 1230. The first-order chi connectivity index (χ1) is 16.0.